The van der Waals surface area contributed by atoms with E-state index < -0.39 is 10.1 Å². The molecule has 0 amide bonds. The summed E-state index contributed by atoms with van der Waals surface area (Å²) in [6.07, 6.45) is 0. The second kappa shape index (κ2) is 2.43. The largest absolute Gasteiger partial charge is 0.367 e. The Morgan fingerprint density at radius 1 is 1.11 bits per heavy atom. The van der Waals surface area contributed by atoms with E-state index in [-0.39, 0.29) is 0 Å². The van der Waals surface area contributed by atoms with Crippen LogP contribution < -0.4 is 11.5 Å². The molecule has 0 fully saturated rings. The molecule has 0 radical (unpaired) electrons. The van der Waals surface area contributed by atoms with Crippen molar-refractivity contribution in [2.45, 2.75) is 24.0 Å². The molecule has 56 valence electrons. The van der Waals surface area contributed by atoms with Crippen LogP contribution in [0.15, 0.2) is 0 Å². The molecule has 0 aliphatic carbocycles. The fourth-order valence-corrected chi connectivity index (χ4v) is 1.26. The summed E-state index contributed by atoms with van der Waals surface area (Å²) in [5.41, 5.74) is 10.2. The topological polar surface area (TPSA) is 92.5 Å². The summed E-state index contributed by atoms with van der Waals surface area (Å²) in [4.78, 5) is 0. The molecule has 4 nitrogen and oxygen atoms in total. The number of rotatable bonds is 2. The summed E-state index contributed by atoms with van der Waals surface area (Å²) in [5, 5.41) is 14.8. The standard InChI is InChI=1S/C4H12N2O2S/c1-3(5,7)9-4(2,6)8/h7-8H,5-6H2,1-2H3. The van der Waals surface area contributed by atoms with Crippen LogP contribution in [0.5, 0.6) is 0 Å². The molecular weight excluding hydrogens is 140 g/mol. The molecular formula is C4H12N2O2S. The van der Waals surface area contributed by atoms with Crippen LogP contribution in [-0.2, 0) is 0 Å². The molecule has 6 N–H and O–H groups in total. The molecule has 5 heteroatoms. The molecule has 0 aromatic heterocycles. The van der Waals surface area contributed by atoms with Crippen LogP contribution >= 0.6 is 11.8 Å². The first-order valence-corrected chi connectivity index (χ1v) is 3.25. The van der Waals surface area contributed by atoms with E-state index in [1.54, 1.807) is 0 Å². The van der Waals surface area contributed by atoms with Gasteiger partial charge in [0.15, 0.2) is 10.1 Å². The molecule has 0 spiro atoms. The van der Waals surface area contributed by atoms with Gasteiger partial charge in [0.1, 0.15) is 0 Å². The summed E-state index contributed by atoms with van der Waals surface area (Å²) in [7, 11) is 0. The fourth-order valence-electron chi connectivity index (χ4n) is 0.418. The first kappa shape index (κ1) is 9.19. The van der Waals surface area contributed by atoms with Crippen molar-refractivity contribution >= 4 is 11.8 Å². The summed E-state index contributed by atoms with van der Waals surface area (Å²) < 4.78 is 0. The third kappa shape index (κ3) is 8.19. The van der Waals surface area contributed by atoms with Crippen LogP contribution in [0.25, 0.3) is 0 Å². The zero-order valence-electron chi connectivity index (χ0n) is 5.46. The van der Waals surface area contributed by atoms with Crippen molar-refractivity contribution in [2.75, 3.05) is 0 Å². The van der Waals surface area contributed by atoms with Crippen molar-refractivity contribution in [1.82, 2.24) is 0 Å². The van der Waals surface area contributed by atoms with Gasteiger partial charge < -0.3 is 10.2 Å². The predicted molar refractivity (Wildman–Crippen MR) is 37.2 cm³/mol. The number of thioether (sulfide) groups is 1. The minimum absolute atomic E-state index is 0.681. The van der Waals surface area contributed by atoms with Gasteiger partial charge in [-0.15, -0.1) is 0 Å². The lowest BCUT2D eigenvalue weighted by molar-refractivity contribution is 0.132. The van der Waals surface area contributed by atoms with E-state index in [4.69, 9.17) is 21.7 Å². The molecule has 0 saturated heterocycles. The van der Waals surface area contributed by atoms with E-state index in [1.165, 1.54) is 13.8 Å². The van der Waals surface area contributed by atoms with Crippen molar-refractivity contribution in [3.05, 3.63) is 0 Å². The van der Waals surface area contributed by atoms with Crippen LogP contribution in [-0.4, -0.2) is 20.3 Å². The molecule has 0 heterocycles. The van der Waals surface area contributed by atoms with Crippen molar-refractivity contribution in [3.63, 3.8) is 0 Å². The highest BCUT2D eigenvalue weighted by molar-refractivity contribution is 8.01. The minimum atomic E-state index is -1.47. The first-order valence-electron chi connectivity index (χ1n) is 2.43. The normalized spacial score (nSPS) is 24.7. The Labute approximate surface area is 58.2 Å². The van der Waals surface area contributed by atoms with Gasteiger partial charge in [-0.3, -0.25) is 11.5 Å². The average Bonchev–Trinajstić information content (AvgIpc) is 1.14. The van der Waals surface area contributed by atoms with Gasteiger partial charge >= 0.3 is 0 Å². The molecule has 0 aliphatic heterocycles. The summed E-state index contributed by atoms with van der Waals surface area (Å²) in [6.45, 7) is 2.69. The smallest absolute Gasteiger partial charge is 0.162 e. The lowest BCUT2D eigenvalue weighted by Crippen LogP contribution is -2.42. The summed E-state index contributed by atoms with van der Waals surface area (Å²) >= 11 is 0.681. The lowest BCUT2D eigenvalue weighted by Gasteiger charge is -2.24. The molecule has 2 atom stereocenters. The summed E-state index contributed by atoms with van der Waals surface area (Å²) in [5.74, 6) is 0. The third-order valence-corrected chi connectivity index (χ3v) is 1.24. The van der Waals surface area contributed by atoms with Gasteiger partial charge in [-0.1, -0.05) is 11.8 Å². The Morgan fingerprint density at radius 2 is 1.33 bits per heavy atom. The van der Waals surface area contributed by atoms with E-state index >= 15 is 0 Å². The first-order chi connectivity index (χ1) is 3.71. The highest BCUT2D eigenvalue weighted by atomic mass is 32.2. The van der Waals surface area contributed by atoms with Gasteiger partial charge in [0.05, 0.1) is 0 Å². The number of hydrogen-bond acceptors (Lipinski definition) is 5. The lowest BCUT2D eigenvalue weighted by atomic mass is 10.7. The molecule has 0 aliphatic rings. The van der Waals surface area contributed by atoms with Gasteiger partial charge in [0, 0.05) is 0 Å². The molecule has 9 heavy (non-hydrogen) atoms. The molecule has 0 bridgehead atoms. The monoisotopic (exact) mass is 152 g/mol. The third-order valence-electron chi connectivity index (χ3n) is 0.413. The molecule has 0 aromatic carbocycles. The van der Waals surface area contributed by atoms with E-state index in [1.807, 2.05) is 0 Å². The van der Waals surface area contributed by atoms with Crippen LogP contribution in [0, 0.1) is 0 Å². The van der Waals surface area contributed by atoms with Crippen molar-refractivity contribution in [2.24, 2.45) is 11.5 Å². The molecule has 0 saturated carbocycles. The van der Waals surface area contributed by atoms with Crippen LogP contribution in [0.1, 0.15) is 13.8 Å². The van der Waals surface area contributed by atoms with Crippen molar-refractivity contribution in [1.29, 1.82) is 0 Å². The van der Waals surface area contributed by atoms with E-state index in [2.05, 4.69) is 0 Å². The van der Waals surface area contributed by atoms with Gasteiger partial charge in [0.2, 0.25) is 0 Å². The molecule has 2 unspecified atom stereocenters. The Bertz CT molecular complexity index is 81.7. The zero-order valence-corrected chi connectivity index (χ0v) is 6.27. The highest BCUT2D eigenvalue weighted by Crippen LogP contribution is 2.24. The fraction of sp³-hybridized carbons (Fsp3) is 1.00. The number of nitrogens with two attached hydrogens (primary N) is 2. The van der Waals surface area contributed by atoms with Gasteiger partial charge in [-0.2, -0.15) is 0 Å². The maximum absolute atomic E-state index is 8.85. The maximum Gasteiger partial charge on any atom is 0.162 e. The van der Waals surface area contributed by atoms with Crippen LogP contribution in [0.3, 0.4) is 0 Å². The Morgan fingerprint density at radius 3 is 1.33 bits per heavy atom. The van der Waals surface area contributed by atoms with Crippen molar-refractivity contribution < 1.29 is 10.2 Å². The number of hydrogen-bond donors (Lipinski definition) is 4. The van der Waals surface area contributed by atoms with Gasteiger partial charge in [-0.05, 0) is 13.8 Å². The second-order valence-electron chi connectivity index (χ2n) is 2.21. The van der Waals surface area contributed by atoms with Gasteiger partial charge in [0.25, 0.3) is 0 Å². The van der Waals surface area contributed by atoms with E-state index in [0.717, 1.165) is 0 Å². The van der Waals surface area contributed by atoms with Crippen LogP contribution in [0.4, 0.5) is 0 Å². The Kier molecular flexibility index (Phi) is 2.48. The Hall–Kier alpha value is 0.190. The maximum atomic E-state index is 8.85. The van der Waals surface area contributed by atoms with Crippen molar-refractivity contribution in [3.8, 4) is 0 Å². The second-order valence-corrected chi connectivity index (χ2v) is 4.07. The number of aliphatic hydroxyl groups is 2. The quantitative estimate of drug-likeness (QED) is 0.380. The summed E-state index contributed by atoms with van der Waals surface area (Å²) in [6, 6.07) is 0. The molecule has 0 aromatic rings. The predicted octanol–water partition coefficient (Wildman–Crippen LogP) is -1.03. The SMILES string of the molecule is CC(N)(O)SC(C)(N)O. The van der Waals surface area contributed by atoms with Crippen LogP contribution in [0.2, 0.25) is 0 Å². The average molecular weight is 152 g/mol. The minimum Gasteiger partial charge on any atom is -0.367 e. The van der Waals surface area contributed by atoms with E-state index in [9.17, 15) is 0 Å². The van der Waals surface area contributed by atoms with Gasteiger partial charge in [-0.25, -0.2) is 0 Å². The Balaban J connectivity index is 3.75. The van der Waals surface area contributed by atoms with E-state index in [0.29, 0.717) is 11.8 Å². The molecule has 0 rings (SSSR count). The highest BCUT2D eigenvalue weighted by Gasteiger charge is 2.25. The zero-order chi connectivity index (χ0) is 7.71.